The van der Waals surface area contributed by atoms with Crippen LogP contribution in [0.15, 0.2) is 23.1 Å². The Bertz CT molecular complexity index is 641. The number of nitrogens with zero attached hydrogens (tertiary/aromatic N) is 1. The van der Waals surface area contributed by atoms with Gasteiger partial charge in [0.15, 0.2) is 0 Å². The van der Waals surface area contributed by atoms with Gasteiger partial charge >= 0.3 is 0 Å². The van der Waals surface area contributed by atoms with Gasteiger partial charge in [-0.15, -0.1) is 12.4 Å². The molecule has 0 radical (unpaired) electrons. The fourth-order valence-corrected chi connectivity index (χ4v) is 3.85. The van der Waals surface area contributed by atoms with Crippen LogP contribution in [-0.2, 0) is 14.8 Å². The van der Waals surface area contributed by atoms with Gasteiger partial charge in [0, 0.05) is 31.7 Å². The highest BCUT2D eigenvalue weighted by Gasteiger charge is 2.28. The van der Waals surface area contributed by atoms with Crippen LogP contribution in [0.4, 0.5) is 5.69 Å². The zero-order valence-electron chi connectivity index (χ0n) is 12.7. The van der Waals surface area contributed by atoms with Crippen molar-refractivity contribution >= 4 is 34.0 Å². The largest absolute Gasteiger partial charge is 0.328 e. The van der Waals surface area contributed by atoms with E-state index >= 15 is 0 Å². The topological polar surface area (TPSA) is 92.5 Å². The normalized spacial score (nSPS) is 16.9. The second-order valence-corrected chi connectivity index (χ2v) is 7.34. The van der Waals surface area contributed by atoms with Gasteiger partial charge in [-0.05, 0) is 37.5 Å². The predicted octanol–water partition coefficient (Wildman–Crippen LogP) is 1.49. The molecule has 1 heterocycles. The highest BCUT2D eigenvalue weighted by atomic mass is 35.5. The Morgan fingerprint density at radius 3 is 2.45 bits per heavy atom. The maximum absolute atomic E-state index is 12.6. The lowest BCUT2D eigenvalue weighted by atomic mass is 10.1. The molecular formula is C14H22ClN3O3S. The fourth-order valence-electron chi connectivity index (χ4n) is 2.35. The molecule has 3 N–H and O–H groups in total. The van der Waals surface area contributed by atoms with Gasteiger partial charge < -0.3 is 11.1 Å². The average Bonchev–Trinajstić information content (AvgIpc) is 2.41. The van der Waals surface area contributed by atoms with Crippen LogP contribution in [0.1, 0.15) is 25.3 Å². The van der Waals surface area contributed by atoms with Crippen molar-refractivity contribution < 1.29 is 13.2 Å². The van der Waals surface area contributed by atoms with Crippen molar-refractivity contribution in [2.75, 3.05) is 18.4 Å². The Kier molecular flexibility index (Phi) is 6.37. The number of benzene rings is 1. The molecule has 2 rings (SSSR count). The van der Waals surface area contributed by atoms with E-state index < -0.39 is 10.0 Å². The molecule has 22 heavy (non-hydrogen) atoms. The fraction of sp³-hybridized carbons (Fsp3) is 0.500. The quantitative estimate of drug-likeness (QED) is 0.866. The maximum Gasteiger partial charge on any atom is 0.243 e. The number of hydrogen-bond acceptors (Lipinski definition) is 4. The van der Waals surface area contributed by atoms with Gasteiger partial charge in [-0.2, -0.15) is 4.31 Å². The van der Waals surface area contributed by atoms with Gasteiger partial charge in [-0.1, -0.05) is 6.07 Å². The molecule has 124 valence electrons. The predicted molar refractivity (Wildman–Crippen MR) is 88.7 cm³/mol. The Morgan fingerprint density at radius 1 is 1.32 bits per heavy atom. The highest BCUT2D eigenvalue weighted by molar-refractivity contribution is 7.89. The van der Waals surface area contributed by atoms with E-state index in [1.807, 2.05) is 6.92 Å². The van der Waals surface area contributed by atoms with E-state index in [0.29, 0.717) is 31.6 Å². The monoisotopic (exact) mass is 347 g/mol. The van der Waals surface area contributed by atoms with Gasteiger partial charge in [0.1, 0.15) is 0 Å². The van der Waals surface area contributed by atoms with Gasteiger partial charge in [-0.3, -0.25) is 4.79 Å². The molecule has 0 saturated carbocycles. The summed E-state index contributed by atoms with van der Waals surface area (Å²) in [5.74, 6) is -0.225. The standard InChI is InChI=1S/C14H21N3O3S.ClH/c1-10-3-4-13(9-14(10)16-11(2)18)21(19,20)17-7-5-12(15)6-8-17;/h3-4,9,12H,5-8,15H2,1-2H3,(H,16,18);1H. The van der Waals surface area contributed by atoms with Crippen LogP contribution in [-0.4, -0.2) is 37.8 Å². The number of nitrogens with two attached hydrogens (primary N) is 1. The van der Waals surface area contributed by atoms with E-state index in [-0.39, 0.29) is 29.3 Å². The average molecular weight is 348 g/mol. The first kappa shape index (κ1) is 18.9. The molecule has 8 heteroatoms. The van der Waals surface area contributed by atoms with E-state index in [1.54, 1.807) is 12.1 Å². The summed E-state index contributed by atoms with van der Waals surface area (Å²) in [6.45, 7) is 4.09. The van der Waals surface area contributed by atoms with E-state index in [1.165, 1.54) is 17.3 Å². The van der Waals surface area contributed by atoms with Crippen molar-refractivity contribution in [3.8, 4) is 0 Å². The molecule has 1 aliphatic rings. The molecule has 0 atom stereocenters. The minimum atomic E-state index is -3.53. The minimum absolute atomic E-state index is 0. The van der Waals surface area contributed by atoms with E-state index in [4.69, 9.17) is 5.73 Å². The van der Waals surface area contributed by atoms with Crippen LogP contribution in [0.3, 0.4) is 0 Å². The van der Waals surface area contributed by atoms with Gasteiger partial charge in [0.2, 0.25) is 15.9 Å². The summed E-state index contributed by atoms with van der Waals surface area (Å²) in [6, 6.07) is 4.86. The summed E-state index contributed by atoms with van der Waals surface area (Å²) >= 11 is 0. The maximum atomic E-state index is 12.6. The van der Waals surface area contributed by atoms with Crippen molar-refractivity contribution in [3.05, 3.63) is 23.8 Å². The van der Waals surface area contributed by atoms with Crippen molar-refractivity contribution in [1.82, 2.24) is 4.31 Å². The van der Waals surface area contributed by atoms with Gasteiger partial charge in [0.25, 0.3) is 0 Å². The molecule has 6 nitrogen and oxygen atoms in total. The van der Waals surface area contributed by atoms with Crippen molar-refractivity contribution in [1.29, 1.82) is 0 Å². The second-order valence-electron chi connectivity index (χ2n) is 5.40. The summed E-state index contributed by atoms with van der Waals surface area (Å²) in [4.78, 5) is 11.4. The number of hydrogen-bond donors (Lipinski definition) is 2. The summed E-state index contributed by atoms with van der Waals surface area (Å²) in [5.41, 5.74) is 7.16. The van der Waals surface area contributed by atoms with Gasteiger partial charge in [-0.25, -0.2) is 8.42 Å². The molecule has 0 spiro atoms. The summed E-state index contributed by atoms with van der Waals surface area (Å²) in [6.07, 6.45) is 1.34. The van der Waals surface area contributed by atoms with E-state index in [9.17, 15) is 13.2 Å². The molecule has 1 aromatic carbocycles. The minimum Gasteiger partial charge on any atom is -0.328 e. The van der Waals surface area contributed by atoms with Crippen molar-refractivity contribution in [2.24, 2.45) is 5.73 Å². The molecule has 0 bridgehead atoms. The third-order valence-corrected chi connectivity index (χ3v) is 5.55. The molecule has 1 aromatic rings. The lowest BCUT2D eigenvalue weighted by molar-refractivity contribution is -0.114. The van der Waals surface area contributed by atoms with Crippen LogP contribution < -0.4 is 11.1 Å². The smallest absolute Gasteiger partial charge is 0.243 e. The van der Waals surface area contributed by atoms with Crippen LogP contribution in [0, 0.1) is 6.92 Å². The number of carbonyl (C=O) groups excluding carboxylic acids is 1. The summed E-state index contributed by atoms with van der Waals surface area (Å²) < 4.78 is 26.7. The number of aryl methyl sites for hydroxylation is 1. The first-order valence-electron chi connectivity index (χ1n) is 6.94. The van der Waals surface area contributed by atoms with Crippen LogP contribution >= 0.6 is 12.4 Å². The molecule has 0 aliphatic carbocycles. The lowest BCUT2D eigenvalue weighted by Crippen LogP contribution is -2.42. The van der Waals surface area contributed by atoms with Gasteiger partial charge in [0.05, 0.1) is 4.90 Å². The molecule has 1 fully saturated rings. The number of piperidine rings is 1. The number of rotatable bonds is 3. The zero-order valence-corrected chi connectivity index (χ0v) is 14.3. The third kappa shape index (κ3) is 4.19. The molecule has 1 saturated heterocycles. The molecule has 0 unspecified atom stereocenters. The highest BCUT2D eigenvalue weighted by Crippen LogP contribution is 2.25. The lowest BCUT2D eigenvalue weighted by Gasteiger charge is -2.29. The first-order valence-corrected chi connectivity index (χ1v) is 8.38. The molecule has 1 amide bonds. The van der Waals surface area contributed by atoms with Crippen LogP contribution in [0.5, 0.6) is 0 Å². The molecular weight excluding hydrogens is 326 g/mol. The molecule has 1 aliphatic heterocycles. The number of halogens is 1. The number of carbonyl (C=O) groups is 1. The Hall–Kier alpha value is -1.15. The number of anilines is 1. The van der Waals surface area contributed by atoms with Crippen molar-refractivity contribution in [3.63, 3.8) is 0 Å². The van der Waals surface area contributed by atoms with Crippen LogP contribution in [0.2, 0.25) is 0 Å². The van der Waals surface area contributed by atoms with E-state index in [0.717, 1.165) is 5.56 Å². The molecule has 0 aromatic heterocycles. The van der Waals surface area contributed by atoms with Crippen LogP contribution in [0.25, 0.3) is 0 Å². The number of sulfonamides is 1. The second kappa shape index (κ2) is 7.41. The number of nitrogens with one attached hydrogen (secondary N) is 1. The van der Waals surface area contributed by atoms with Crippen molar-refractivity contribution in [2.45, 2.75) is 37.6 Å². The Balaban J connectivity index is 0.00000242. The SMILES string of the molecule is CC(=O)Nc1cc(S(=O)(=O)N2CCC(N)CC2)ccc1C.Cl. The third-order valence-electron chi connectivity index (χ3n) is 3.66. The Morgan fingerprint density at radius 2 is 1.91 bits per heavy atom. The summed E-state index contributed by atoms with van der Waals surface area (Å²) in [5, 5.41) is 2.65. The number of amides is 1. The summed E-state index contributed by atoms with van der Waals surface area (Å²) in [7, 11) is -3.53. The van der Waals surface area contributed by atoms with E-state index in [2.05, 4.69) is 5.32 Å². The first-order chi connectivity index (χ1) is 9.80. The Labute approximate surface area is 137 Å². The zero-order chi connectivity index (χ0) is 15.6.